The van der Waals surface area contributed by atoms with Gasteiger partial charge in [0.1, 0.15) is 11.6 Å². The average Bonchev–Trinajstić information content (AvgIpc) is 2.23. The summed E-state index contributed by atoms with van der Waals surface area (Å²) in [5, 5.41) is 2.89. The number of nitrogens with one attached hydrogen (secondary N) is 1. The van der Waals surface area contributed by atoms with Crippen molar-refractivity contribution in [2.24, 2.45) is 0 Å². The average molecular weight is 188 g/mol. The normalized spacial score (nSPS) is 9.79. The molecule has 0 radical (unpaired) electrons. The number of nitrogens with zero attached hydrogens (tertiary/aromatic N) is 1. The lowest BCUT2D eigenvalue weighted by molar-refractivity contribution is 0.632. The van der Waals surface area contributed by atoms with Crippen LogP contribution in [0.1, 0.15) is 0 Å². The van der Waals surface area contributed by atoms with Crippen LogP contribution in [0.4, 0.5) is 15.9 Å². The predicted molar refractivity (Wildman–Crippen MR) is 53.9 cm³/mol. The highest BCUT2D eigenvalue weighted by Crippen LogP contribution is 2.16. The SMILES string of the molecule is Fc1ccccc1Nc1ccccn1. The summed E-state index contributed by atoms with van der Waals surface area (Å²) in [6.07, 6.45) is 1.66. The van der Waals surface area contributed by atoms with Crippen molar-refractivity contribution in [3.05, 3.63) is 54.5 Å². The van der Waals surface area contributed by atoms with Crippen molar-refractivity contribution >= 4 is 11.5 Å². The Hall–Kier alpha value is -1.90. The zero-order valence-electron chi connectivity index (χ0n) is 7.44. The van der Waals surface area contributed by atoms with Gasteiger partial charge >= 0.3 is 0 Å². The van der Waals surface area contributed by atoms with Gasteiger partial charge in [-0.25, -0.2) is 9.37 Å². The number of benzene rings is 1. The summed E-state index contributed by atoms with van der Waals surface area (Å²) in [6, 6.07) is 11.9. The third kappa shape index (κ3) is 1.88. The van der Waals surface area contributed by atoms with E-state index in [4.69, 9.17) is 0 Å². The minimum Gasteiger partial charge on any atom is -0.338 e. The molecule has 1 N–H and O–H groups in total. The van der Waals surface area contributed by atoms with Gasteiger partial charge in [-0.2, -0.15) is 0 Å². The second-order valence-electron chi connectivity index (χ2n) is 2.82. The lowest BCUT2D eigenvalue weighted by Gasteiger charge is -2.05. The molecular weight excluding hydrogens is 179 g/mol. The zero-order chi connectivity index (χ0) is 9.80. The van der Waals surface area contributed by atoms with E-state index in [0.29, 0.717) is 11.5 Å². The highest BCUT2D eigenvalue weighted by Gasteiger charge is 1.99. The summed E-state index contributed by atoms with van der Waals surface area (Å²) in [5.74, 6) is 0.357. The van der Waals surface area contributed by atoms with Gasteiger partial charge in [-0.05, 0) is 24.3 Å². The molecule has 0 unspecified atom stereocenters. The molecular formula is C11H9FN2. The number of hydrogen-bond donors (Lipinski definition) is 1. The van der Waals surface area contributed by atoms with Crippen LogP contribution < -0.4 is 5.32 Å². The molecule has 0 aliphatic carbocycles. The molecule has 0 fully saturated rings. The van der Waals surface area contributed by atoms with Crippen LogP contribution in [-0.4, -0.2) is 4.98 Å². The molecule has 0 saturated carbocycles. The van der Waals surface area contributed by atoms with Gasteiger partial charge < -0.3 is 5.32 Å². The molecule has 0 spiro atoms. The first kappa shape index (κ1) is 8.69. The summed E-state index contributed by atoms with van der Waals surface area (Å²) < 4.78 is 13.2. The van der Waals surface area contributed by atoms with Gasteiger partial charge in [0.05, 0.1) is 5.69 Å². The Bertz CT molecular complexity index is 415. The fourth-order valence-electron chi connectivity index (χ4n) is 1.14. The predicted octanol–water partition coefficient (Wildman–Crippen LogP) is 2.96. The minimum absolute atomic E-state index is 0.279. The largest absolute Gasteiger partial charge is 0.338 e. The number of anilines is 2. The third-order valence-electron chi connectivity index (χ3n) is 1.80. The molecule has 0 atom stereocenters. The molecule has 1 aromatic heterocycles. The highest BCUT2D eigenvalue weighted by molar-refractivity contribution is 5.56. The number of halogens is 1. The maximum atomic E-state index is 13.2. The van der Waals surface area contributed by atoms with Gasteiger partial charge in [-0.3, -0.25) is 0 Å². The summed E-state index contributed by atoms with van der Waals surface area (Å²) in [4.78, 5) is 4.04. The van der Waals surface area contributed by atoms with Crippen LogP contribution in [0.25, 0.3) is 0 Å². The summed E-state index contributed by atoms with van der Waals surface area (Å²) in [6.45, 7) is 0. The van der Waals surface area contributed by atoms with E-state index in [0.717, 1.165) is 0 Å². The number of pyridine rings is 1. The van der Waals surface area contributed by atoms with Crippen LogP contribution in [0.5, 0.6) is 0 Å². The highest BCUT2D eigenvalue weighted by atomic mass is 19.1. The van der Waals surface area contributed by atoms with Crippen LogP contribution in [0, 0.1) is 5.82 Å². The fourth-order valence-corrected chi connectivity index (χ4v) is 1.14. The summed E-state index contributed by atoms with van der Waals surface area (Å²) in [5.41, 5.74) is 0.436. The molecule has 0 aliphatic rings. The zero-order valence-corrected chi connectivity index (χ0v) is 7.44. The van der Waals surface area contributed by atoms with E-state index < -0.39 is 0 Å². The van der Waals surface area contributed by atoms with E-state index in [2.05, 4.69) is 10.3 Å². The van der Waals surface area contributed by atoms with E-state index in [-0.39, 0.29) is 5.82 Å². The molecule has 14 heavy (non-hydrogen) atoms. The Morgan fingerprint density at radius 3 is 2.50 bits per heavy atom. The maximum absolute atomic E-state index is 13.2. The van der Waals surface area contributed by atoms with Crippen LogP contribution in [0.15, 0.2) is 48.7 Å². The van der Waals surface area contributed by atoms with E-state index >= 15 is 0 Å². The molecule has 2 aromatic rings. The van der Waals surface area contributed by atoms with Gasteiger partial charge in [0, 0.05) is 6.20 Å². The second kappa shape index (κ2) is 3.87. The van der Waals surface area contributed by atoms with Crippen LogP contribution in [-0.2, 0) is 0 Å². The molecule has 2 nitrogen and oxygen atoms in total. The van der Waals surface area contributed by atoms with Gasteiger partial charge in [0.15, 0.2) is 0 Å². The van der Waals surface area contributed by atoms with E-state index in [1.165, 1.54) is 6.07 Å². The van der Waals surface area contributed by atoms with E-state index in [9.17, 15) is 4.39 Å². The van der Waals surface area contributed by atoms with Crippen molar-refractivity contribution in [1.29, 1.82) is 0 Å². The van der Waals surface area contributed by atoms with Crippen LogP contribution in [0.2, 0.25) is 0 Å². The molecule has 1 aromatic carbocycles. The van der Waals surface area contributed by atoms with Crippen LogP contribution >= 0.6 is 0 Å². The number of rotatable bonds is 2. The number of aromatic nitrogens is 1. The van der Waals surface area contributed by atoms with E-state index in [1.54, 1.807) is 30.5 Å². The van der Waals surface area contributed by atoms with Gasteiger partial charge in [-0.1, -0.05) is 18.2 Å². The lowest BCUT2D eigenvalue weighted by Crippen LogP contribution is -1.94. The smallest absolute Gasteiger partial charge is 0.146 e. The molecule has 0 bridgehead atoms. The minimum atomic E-state index is -0.279. The monoisotopic (exact) mass is 188 g/mol. The van der Waals surface area contributed by atoms with Crippen molar-refractivity contribution in [3.63, 3.8) is 0 Å². The first-order chi connectivity index (χ1) is 6.86. The lowest BCUT2D eigenvalue weighted by atomic mass is 10.3. The van der Waals surface area contributed by atoms with E-state index in [1.807, 2.05) is 12.1 Å². The van der Waals surface area contributed by atoms with Gasteiger partial charge in [-0.15, -0.1) is 0 Å². The fraction of sp³-hybridized carbons (Fsp3) is 0. The molecule has 3 heteroatoms. The molecule has 0 saturated heterocycles. The first-order valence-corrected chi connectivity index (χ1v) is 4.29. The Labute approximate surface area is 81.4 Å². The maximum Gasteiger partial charge on any atom is 0.146 e. The Kier molecular flexibility index (Phi) is 2.40. The topological polar surface area (TPSA) is 24.9 Å². The van der Waals surface area contributed by atoms with Crippen molar-refractivity contribution in [1.82, 2.24) is 4.98 Å². The molecule has 1 heterocycles. The Balaban J connectivity index is 2.24. The quantitative estimate of drug-likeness (QED) is 0.783. The van der Waals surface area contributed by atoms with Crippen molar-refractivity contribution in [2.45, 2.75) is 0 Å². The first-order valence-electron chi connectivity index (χ1n) is 4.29. The molecule has 2 rings (SSSR count). The van der Waals surface area contributed by atoms with Gasteiger partial charge in [0.2, 0.25) is 0 Å². The van der Waals surface area contributed by atoms with Crippen molar-refractivity contribution in [3.8, 4) is 0 Å². The van der Waals surface area contributed by atoms with Crippen molar-refractivity contribution < 1.29 is 4.39 Å². The Morgan fingerprint density at radius 2 is 1.79 bits per heavy atom. The second-order valence-corrected chi connectivity index (χ2v) is 2.82. The summed E-state index contributed by atoms with van der Waals surface area (Å²) in [7, 11) is 0. The number of hydrogen-bond acceptors (Lipinski definition) is 2. The van der Waals surface area contributed by atoms with Crippen molar-refractivity contribution in [2.75, 3.05) is 5.32 Å². The molecule has 0 amide bonds. The number of para-hydroxylation sites is 1. The standard InChI is InChI=1S/C11H9FN2/c12-9-5-1-2-6-10(9)14-11-7-3-4-8-13-11/h1-8H,(H,13,14). The van der Waals surface area contributed by atoms with Crippen LogP contribution in [0.3, 0.4) is 0 Å². The Morgan fingerprint density at radius 1 is 1.00 bits per heavy atom. The molecule has 0 aliphatic heterocycles. The third-order valence-corrected chi connectivity index (χ3v) is 1.80. The summed E-state index contributed by atoms with van der Waals surface area (Å²) >= 11 is 0. The van der Waals surface area contributed by atoms with Gasteiger partial charge in [0.25, 0.3) is 0 Å². The molecule has 70 valence electrons.